The van der Waals surface area contributed by atoms with Gasteiger partial charge in [0.15, 0.2) is 0 Å². The molecule has 1 heterocycles. The van der Waals surface area contributed by atoms with E-state index in [1.165, 1.54) is 24.5 Å². The van der Waals surface area contributed by atoms with Gasteiger partial charge in [-0.3, -0.25) is 0 Å². The van der Waals surface area contributed by atoms with Crippen LogP contribution in [-0.4, -0.2) is 30.1 Å². The van der Waals surface area contributed by atoms with Gasteiger partial charge in [-0.15, -0.1) is 5.10 Å². The topological polar surface area (TPSA) is 96.9 Å². The minimum Gasteiger partial charge on any atom is -0.313 e. The molecule has 0 radical (unpaired) electrons. The Kier molecular flexibility index (Phi) is 5.05. The van der Waals surface area contributed by atoms with Crippen molar-refractivity contribution in [3.8, 4) is 0 Å². The Hall–Kier alpha value is -1.77. The summed E-state index contributed by atoms with van der Waals surface area (Å²) in [7, 11) is -3.78. The third-order valence-corrected chi connectivity index (χ3v) is 4.30. The predicted molar refractivity (Wildman–Crippen MR) is 79.5 cm³/mol. The Bertz CT molecular complexity index is 709. The molecule has 0 spiro atoms. The van der Waals surface area contributed by atoms with E-state index in [0.717, 1.165) is 6.54 Å². The number of sulfonamides is 1. The molecular weight excluding hydrogens is 314 g/mol. The van der Waals surface area contributed by atoms with E-state index in [0.29, 0.717) is 17.1 Å². The van der Waals surface area contributed by atoms with Crippen LogP contribution in [0, 0.1) is 0 Å². The fourth-order valence-corrected chi connectivity index (χ4v) is 2.77. The Morgan fingerprint density at radius 3 is 2.76 bits per heavy atom. The van der Waals surface area contributed by atoms with E-state index in [2.05, 4.69) is 25.2 Å². The van der Waals surface area contributed by atoms with Crippen molar-refractivity contribution < 1.29 is 8.42 Å². The van der Waals surface area contributed by atoms with Crippen LogP contribution in [0.1, 0.15) is 12.5 Å². The first kappa shape index (κ1) is 15.6. The van der Waals surface area contributed by atoms with Gasteiger partial charge in [0.05, 0.1) is 17.3 Å². The van der Waals surface area contributed by atoms with E-state index < -0.39 is 10.0 Å². The van der Waals surface area contributed by atoms with E-state index >= 15 is 0 Å². The Balaban J connectivity index is 2.27. The predicted octanol–water partition coefficient (Wildman–Crippen LogP) is 1.44. The van der Waals surface area contributed by atoms with E-state index in [1.807, 2.05) is 6.92 Å². The lowest BCUT2D eigenvalue weighted by Gasteiger charge is -2.09. The highest BCUT2D eigenvalue weighted by molar-refractivity contribution is 7.92. The molecule has 0 aliphatic carbocycles. The number of benzene rings is 1. The number of rotatable bonds is 6. The van der Waals surface area contributed by atoms with Crippen molar-refractivity contribution in [2.45, 2.75) is 18.4 Å². The lowest BCUT2D eigenvalue weighted by Crippen LogP contribution is -2.17. The van der Waals surface area contributed by atoms with Crippen molar-refractivity contribution in [3.63, 3.8) is 0 Å². The zero-order valence-corrected chi connectivity index (χ0v) is 12.8. The van der Waals surface area contributed by atoms with E-state index in [-0.39, 0.29) is 10.8 Å². The highest BCUT2D eigenvalue weighted by atomic mass is 35.5. The number of hydrogen-bond donors (Lipinski definition) is 2. The van der Waals surface area contributed by atoms with E-state index in [4.69, 9.17) is 11.6 Å². The molecule has 0 unspecified atom stereocenters. The lowest BCUT2D eigenvalue weighted by molar-refractivity contribution is 0.600. The van der Waals surface area contributed by atoms with Gasteiger partial charge in [-0.25, -0.2) is 18.1 Å². The van der Waals surface area contributed by atoms with Crippen molar-refractivity contribution in [3.05, 3.63) is 41.2 Å². The number of anilines is 1. The SMILES string of the molecule is CCNCc1cc(S(=O)(=O)Nc2nccnn2)ccc1Cl. The van der Waals surface area contributed by atoms with Gasteiger partial charge in [0.1, 0.15) is 0 Å². The van der Waals surface area contributed by atoms with Gasteiger partial charge in [0, 0.05) is 11.6 Å². The second-order valence-electron chi connectivity index (χ2n) is 4.11. The molecule has 1 aromatic carbocycles. The van der Waals surface area contributed by atoms with Crippen LogP contribution in [0.3, 0.4) is 0 Å². The largest absolute Gasteiger partial charge is 0.313 e. The Morgan fingerprint density at radius 2 is 2.10 bits per heavy atom. The second-order valence-corrected chi connectivity index (χ2v) is 6.19. The average molecular weight is 328 g/mol. The molecule has 0 fully saturated rings. The molecule has 0 aliphatic rings. The molecule has 0 saturated carbocycles. The number of halogens is 1. The summed E-state index contributed by atoms with van der Waals surface area (Å²) in [6.45, 7) is 3.20. The average Bonchev–Trinajstić information content (AvgIpc) is 2.47. The van der Waals surface area contributed by atoms with Crippen LogP contribution in [0.5, 0.6) is 0 Å². The molecule has 2 rings (SSSR count). The minimum atomic E-state index is -3.78. The van der Waals surface area contributed by atoms with Crippen molar-refractivity contribution in [2.75, 3.05) is 11.3 Å². The molecule has 2 aromatic rings. The van der Waals surface area contributed by atoms with Crippen molar-refractivity contribution in [1.29, 1.82) is 0 Å². The fourth-order valence-electron chi connectivity index (χ4n) is 1.59. The summed E-state index contributed by atoms with van der Waals surface area (Å²) in [6, 6.07) is 4.49. The monoisotopic (exact) mass is 327 g/mol. The van der Waals surface area contributed by atoms with Crippen molar-refractivity contribution >= 4 is 27.6 Å². The molecule has 1 aromatic heterocycles. The third kappa shape index (κ3) is 4.10. The number of hydrogen-bond acceptors (Lipinski definition) is 6. The number of nitrogens with zero attached hydrogens (tertiary/aromatic N) is 3. The van der Waals surface area contributed by atoms with Crippen LogP contribution in [0.4, 0.5) is 5.95 Å². The molecule has 0 atom stereocenters. The second kappa shape index (κ2) is 6.79. The van der Waals surface area contributed by atoms with Crippen LogP contribution >= 0.6 is 11.6 Å². The standard InChI is InChI=1S/C12H14ClN5O2S/c1-2-14-8-9-7-10(3-4-11(9)13)21(19,20)18-12-15-5-6-16-17-12/h3-7,14H,2,8H2,1H3,(H,15,17,18). The zero-order valence-electron chi connectivity index (χ0n) is 11.2. The highest BCUT2D eigenvalue weighted by Crippen LogP contribution is 2.21. The summed E-state index contributed by atoms with van der Waals surface area (Å²) in [5.41, 5.74) is 0.702. The van der Waals surface area contributed by atoms with Crippen LogP contribution in [-0.2, 0) is 16.6 Å². The molecule has 9 heteroatoms. The minimum absolute atomic E-state index is 0.0827. The fraction of sp³-hybridized carbons (Fsp3) is 0.250. The van der Waals surface area contributed by atoms with Gasteiger partial charge in [0.2, 0.25) is 0 Å². The van der Waals surface area contributed by atoms with Gasteiger partial charge in [-0.2, -0.15) is 5.10 Å². The van der Waals surface area contributed by atoms with Gasteiger partial charge in [-0.1, -0.05) is 18.5 Å². The maximum atomic E-state index is 12.3. The van der Waals surface area contributed by atoms with E-state index in [9.17, 15) is 8.42 Å². The first-order valence-corrected chi connectivity index (χ1v) is 8.04. The third-order valence-electron chi connectivity index (χ3n) is 2.60. The molecule has 7 nitrogen and oxygen atoms in total. The first-order valence-electron chi connectivity index (χ1n) is 6.18. The normalized spacial score (nSPS) is 11.3. The van der Waals surface area contributed by atoms with Crippen LogP contribution in [0.2, 0.25) is 5.02 Å². The quantitative estimate of drug-likeness (QED) is 0.833. The van der Waals surface area contributed by atoms with Gasteiger partial charge in [-0.05, 0) is 30.3 Å². The molecule has 0 saturated heterocycles. The van der Waals surface area contributed by atoms with Crippen molar-refractivity contribution in [2.24, 2.45) is 0 Å². The lowest BCUT2D eigenvalue weighted by atomic mass is 10.2. The molecule has 0 aliphatic heterocycles. The molecular formula is C12H14ClN5O2S. The highest BCUT2D eigenvalue weighted by Gasteiger charge is 2.17. The van der Waals surface area contributed by atoms with Gasteiger partial charge in [0.25, 0.3) is 16.0 Å². The first-order chi connectivity index (χ1) is 10.0. The zero-order chi connectivity index (χ0) is 15.3. The molecule has 21 heavy (non-hydrogen) atoms. The number of aromatic nitrogens is 3. The summed E-state index contributed by atoms with van der Waals surface area (Å²) in [4.78, 5) is 3.87. The molecule has 112 valence electrons. The van der Waals surface area contributed by atoms with Crippen LogP contribution < -0.4 is 10.0 Å². The number of nitrogens with one attached hydrogen (secondary N) is 2. The van der Waals surface area contributed by atoms with E-state index in [1.54, 1.807) is 6.07 Å². The Morgan fingerprint density at radius 1 is 1.29 bits per heavy atom. The summed E-state index contributed by atoms with van der Waals surface area (Å²) in [5, 5.41) is 10.8. The summed E-state index contributed by atoms with van der Waals surface area (Å²) in [6.07, 6.45) is 2.71. The van der Waals surface area contributed by atoms with Gasteiger partial charge >= 0.3 is 0 Å². The maximum absolute atomic E-state index is 12.3. The smallest absolute Gasteiger partial charge is 0.264 e. The molecule has 0 bridgehead atoms. The van der Waals surface area contributed by atoms with Crippen LogP contribution in [0.15, 0.2) is 35.5 Å². The molecule has 0 amide bonds. The summed E-state index contributed by atoms with van der Waals surface area (Å²) < 4.78 is 26.8. The summed E-state index contributed by atoms with van der Waals surface area (Å²) >= 11 is 6.05. The maximum Gasteiger partial charge on any atom is 0.264 e. The molecule has 2 N–H and O–H groups in total. The summed E-state index contributed by atoms with van der Waals surface area (Å²) in [5.74, 6) is -0.0827. The van der Waals surface area contributed by atoms with Gasteiger partial charge < -0.3 is 5.32 Å². The van der Waals surface area contributed by atoms with Crippen LogP contribution in [0.25, 0.3) is 0 Å². The Labute approximate surface area is 127 Å². The van der Waals surface area contributed by atoms with Crippen molar-refractivity contribution in [1.82, 2.24) is 20.5 Å².